The van der Waals surface area contributed by atoms with Crippen LogP contribution < -0.4 is 21.3 Å². The number of amides is 1. The van der Waals surface area contributed by atoms with Crippen LogP contribution in [0.5, 0.6) is 5.75 Å². The lowest BCUT2D eigenvalue weighted by Gasteiger charge is -2.14. The minimum atomic E-state index is -0.469. The molecule has 0 spiro atoms. The molecule has 1 amide bonds. The maximum Gasteiger partial charge on any atom is 0.338 e. The maximum absolute atomic E-state index is 12.8. The number of allylic oxidation sites excluding steroid dienone is 3. The van der Waals surface area contributed by atoms with Gasteiger partial charge in [0.05, 0.1) is 24.1 Å². The van der Waals surface area contributed by atoms with Gasteiger partial charge in [-0.1, -0.05) is 32.5 Å². The largest absolute Gasteiger partial charge is 0.497 e. The van der Waals surface area contributed by atoms with Crippen molar-refractivity contribution >= 4 is 41.7 Å². The van der Waals surface area contributed by atoms with Crippen LogP contribution in [0.3, 0.4) is 0 Å². The van der Waals surface area contributed by atoms with E-state index in [-0.39, 0.29) is 11.7 Å². The predicted molar refractivity (Wildman–Crippen MR) is 163 cm³/mol. The Labute approximate surface area is 237 Å². The van der Waals surface area contributed by atoms with Crippen LogP contribution in [-0.2, 0) is 9.53 Å². The second-order valence-electron chi connectivity index (χ2n) is 9.31. The predicted octanol–water partition coefficient (Wildman–Crippen LogP) is 4.18. The summed E-state index contributed by atoms with van der Waals surface area (Å²) in [5, 5.41) is 2.76. The number of esters is 1. The van der Waals surface area contributed by atoms with Crippen LogP contribution in [-0.4, -0.2) is 63.1 Å². The third-order valence-corrected chi connectivity index (χ3v) is 6.54. The van der Waals surface area contributed by atoms with Crippen molar-refractivity contribution in [1.29, 1.82) is 0 Å². The zero-order valence-electron chi connectivity index (χ0n) is 23.6. The Kier molecular flexibility index (Phi) is 11.8. The summed E-state index contributed by atoms with van der Waals surface area (Å²) in [4.78, 5) is 32.2. The number of carbonyl (C=O) groups excluding carboxylic acids is 2. The molecule has 1 aliphatic heterocycles. The molecule has 0 saturated carbocycles. The Morgan fingerprint density at radius 1 is 1.15 bits per heavy atom. The normalized spacial score (nSPS) is 14.5. The fourth-order valence-corrected chi connectivity index (χ4v) is 4.29. The Morgan fingerprint density at radius 2 is 1.85 bits per heavy atom. The SMILES string of the molecule is C=C\C=C(/N=C(/C=C(\N)C(=O)Nc1ccc(C(=O)OCCN2CCCC2)cc1)CC)c1ccc(OC)c([B]C)c1. The first kappa shape index (κ1) is 30.4. The highest BCUT2D eigenvalue weighted by atomic mass is 16.5. The van der Waals surface area contributed by atoms with E-state index in [1.807, 2.05) is 39.2 Å². The van der Waals surface area contributed by atoms with Gasteiger partial charge in [-0.25, -0.2) is 4.79 Å². The van der Waals surface area contributed by atoms with Gasteiger partial charge in [-0.3, -0.25) is 14.7 Å². The summed E-state index contributed by atoms with van der Waals surface area (Å²) in [6, 6.07) is 12.3. The van der Waals surface area contributed by atoms with Gasteiger partial charge < -0.3 is 20.5 Å². The second-order valence-corrected chi connectivity index (χ2v) is 9.31. The van der Waals surface area contributed by atoms with E-state index in [2.05, 4.69) is 16.8 Å². The number of ether oxygens (including phenoxy) is 2. The number of benzene rings is 2. The average molecular weight is 541 g/mol. The molecule has 3 rings (SSSR count). The fourth-order valence-electron chi connectivity index (χ4n) is 4.29. The van der Waals surface area contributed by atoms with Crippen molar-refractivity contribution in [2.45, 2.75) is 33.0 Å². The topological polar surface area (TPSA) is 106 Å². The second kappa shape index (κ2) is 15.5. The standard InChI is InChI=1S/C31H38BN4O4/c1-5-9-28(23-12-15-29(39-4)26(20-23)32-3)34-24(6-2)21-27(33)30(37)35-25-13-10-22(11-14-25)31(38)40-19-18-36-16-7-8-17-36/h5,9-15,20-21H,1,6-8,16-19,33H2,2-4H3,(H,35,37)/b27-21-,28-9-,34-24+. The monoisotopic (exact) mass is 541 g/mol. The molecule has 2 aromatic carbocycles. The first-order valence-electron chi connectivity index (χ1n) is 13.5. The number of hydrogen-bond acceptors (Lipinski definition) is 7. The highest BCUT2D eigenvalue weighted by Gasteiger charge is 2.14. The van der Waals surface area contributed by atoms with Gasteiger partial charge in [0.25, 0.3) is 5.91 Å². The number of nitrogens with one attached hydrogen (secondary N) is 1. The third-order valence-electron chi connectivity index (χ3n) is 6.54. The van der Waals surface area contributed by atoms with Gasteiger partial charge in [0.15, 0.2) is 7.28 Å². The molecule has 0 aliphatic carbocycles. The first-order valence-corrected chi connectivity index (χ1v) is 13.5. The summed E-state index contributed by atoms with van der Waals surface area (Å²) in [5.41, 5.74) is 10.2. The van der Waals surface area contributed by atoms with Gasteiger partial charge in [-0.05, 0) is 91.9 Å². The van der Waals surface area contributed by atoms with Crippen molar-refractivity contribution in [2.24, 2.45) is 10.7 Å². The number of methoxy groups -OCH3 is 1. The smallest absolute Gasteiger partial charge is 0.338 e. The minimum absolute atomic E-state index is 0.0151. The number of nitrogens with zero attached hydrogens (tertiary/aromatic N) is 2. The highest BCUT2D eigenvalue weighted by molar-refractivity contribution is 6.53. The lowest BCUT2D eigenvalue weighted by atomic mass is 9.72. The van der Waals surface area contributed by atoms with E-state index in [0.717, 1.165) is 36.4 Å². The molecule has 8 nitrogen and oxygen atoms in total. The van der Waals surface area contributed by atoms with E-state index in [4.69, 9.17) is 20.2 Å². The molecular weight excluding hydrogens is 503 g/mol. The number of likely N-dealkylation sites (tertiary alicyclic amines) is 1. The van der Waals surface area contributed by atoms with Gasteiger partial charge >= 0.3 is 5.97 Å². The molecule has 1 aliphatic rings. The summed E-state index contributed by atoms with van der Waals surface area (Å²) in [6.07, 6.45) is 7.99. The number of carbonyl (C=O) groups is 2. The van der Waals surface area contributed by atoms with Crippen molar-refractivity contribution in [3.63, 3.8) is 0 Å². The molecule has 1 heterocycles. The molecular formula is C31H38BN4O4. The lowest BCUT2D eigenvalue weighted by Crippen LogP contribution is -2.25. The lowest BCUT2D eigenvalue weighted by molar-refractivity contribution is -0.112. The Hall–Kier alpha value is -4.11. The third kappa shape index (κ3) is 8.71. The molecule has 209 valence electrons. The number of anilines is 1. The van der Waals surface area contributed by atoms with Crippen molar-refractivity contribution in [2.75, 3.05) is 38.7 Å². The Bertz CT molecular complexity index is 1280. The Balaban J connectivity index is 1.65. The summed E-state index contributed by atoms with van der Waals surface area (Å²) in [5.74, 6) is -0.0831. The van der Waals surface area contributed by atoms with Gasteiger partial charge in [0.1, 0.15) is 12.4 Å². The van der Waals surface area contributed by atoms with E-state index in [1.165, 1.54) is 12.8 Å². The zero-order valence-corrected chi connectivity index (χ0v) is 23.6. The summed E-state index contributed by atoms with van der Waals surface area (Å²) in [6.45, 7) is 10.9. The van der Waals surface area contributed by atoms with Gasteiger partial charge in [-0.15, -0.1) is 0 Å². The molecule has 0 atom stereocenters. The quantitative estimate of drug-likeness (QED) is 0.130. The molecule has 0 bridgehead atoms. The summed E-state index contributed by atoms with van der Waals surface area (Å²) in [7, 11) is 3.60. The van der Waals surface area contributed by atoms with Crippen LogP contribution >= 0.6 is 0 Å². The van der Waals surface area contributed by atoms with Crippen molar-refractivity contribution in [3.05, 3.63) is 84.1 Å². The van der Waals surface area contributed by atoms with Crippen LogP contribution in [0, 0.1) is 0 Å². The van der Waals surface area contributed by atoms with Crippen LogP contribution in [0.15, 0.2) is 78.0 Å². The van der Waals surface area contributed by atoms with Gasteiger partial charge in [0, 0.05) is 17.9 Å². The van der Waals surface area contributed by atoms with Gasteiger partial charge in [-0.2, -0.15) is 0 Å². The molecule has 2 aromatic rings. The van der Waals surface area contributed by atoms with E-state index in [0.29, 0.717) is 35.7 Å². The Morgan fingerprint density at radius 3 is 2.48 bits per heavy atom. The average Bonchev–Trinajstić information content (AvgIpc) is 3.49. The number of nitrogens with two attached hydrogens (primary N) is 1. The van der Waals surface area contributed by atoms with Crippen LogP contribution in [0.25, 0.3) is 5.70 Å². The van der Waals surface area contributed by atoms with Crippen molar-refractivity contribution < 1.29 is 19.1 Å². The van der Waals surface area contributed by atoms with Crippen LogP contribution in [0.1, 0.15) is 42.1 Å². The van der Waals surface area contributed by atoms with Crippen molar-refractivity contribution in [3.8, 4) is 5.75 Å². The zero-order chi connectivity index (χ0) is 28.9. The molecule has 0 unspecified atom stereocenters. The number of hydrogen-bond donors (Lipinski definition) is 2. The molecule has 0 aromatic heterocycles. The molecule has 9 heteroatoms. The van der Waals surface area contributed by atoms with E-state index in [9.17, 15) is 9.59 Å². The molecule has 1 fully saturated rings. The molecule has 40 heavy (non-hydrogen) atoms. The summed E-state index contributed by atoms with van der Waals surface area (Å²) < 4.78 is 10.8. The number of rotatable bonds is 13. The molecule has 1 saturated heterocycles. The minimum Gasteiger partial charge on any atom is -0.497 e. The van der Waals surface area contributed by atoms with E-state index in [1.54, 1.807) is 49.6 Å². The van der Waals surface area contributed by atoms with E-state index >= 15 is 0 Å². The van der Waals surface area contributed by atoms with Crippen LogP contribution in [0.2, 0.25) is 6.82 Å². The van der Waals surface area contributed by atoms with Crippen LogP contribution in [0.4, 0.5) is 5.69 Å². The summed E-state index contributed by atoms with van der Waals surface area (Å²) >= 11 is 0. The van der Waals surface area contributed by atoms with Gasteiger partial charge in [0.2, 0.25) is 0 Å². The highest BCUT2D eigenvalue weighted by Crippen LogP contribution is 2.20. The molecule has 1 radical (unpaired) electrons. The van der Waals surface area contributed by atoms with Crippen molar-refractivity contribution in [1.82, 2.24) is 4.90 Å². The fraction of sp³-hybridized carbons (Fsp3) is 0.323. The maximum atomic E-state index is 12.8. The number of aliphatic imine (C=N–C) groups is 1. The molecule has 3 N–H and O–H groups in total. The first-order chi connectivity index (χ1) is 19.4. The van der Waals surface area contributed by atoms with E-state index < -0.39 is 5.91 Å².